The van der Waals surface area contributed by atoms with E-state index >= 15 is 0 Å². The number of anilines is 2. The summed E-state index contributed by atoms with van der Waals surface area (Å²) in [5.41, 5.74) is 3.65. The molecule has 41 heavy (non-hydrogen) atoms. The van der Waals surface area contributed by atoms with Crippen LogP contribution in [0.2, 0.25) is 0 Å². The minimum absolute atomic E-state index is 0.152. The zero-order chi connectivity index (χ0) is 29.7. The van der Waals surface area contributed by atoms with E-state index in [9.17, 15) is 23.6 Å². The SMILES string of the molecule is COc1cc(/C=C2/SC(=O)N(CC(=O)Nc3ccc(C)c(C)c3)C2=O)cc(I)c1OCC(=O)Nc1ccc(F)cc1. The summed E-state index contributed by atoms with van der Waals surface area (Å²) in [7, 11) is 1.43. The van der Waals surface area contributed by atoms with Crippen LogP contribution in [-0.2, 0) is 14.4 Å². The van der Waals surface area contributed by atoms with Gasteiger partial charge in [-0.15, -0.1) is 0 Å². The molecule has 4 rings (SSSR count). The largest absolute Gasteiger partial charge is 0.493 e. The smallest absolute Gasteiger partial charge is 0.294 e. The second kappa shape index (κ2) is 13.2. The number of carbonyl (C=O) groups is 4. The van der Waals surface area contributed by atoms with Crippen molar-refractivity contribution in [2.45, 2.75) is 13.8 Å². The average molecular weight is 690 g/mol. The van der Waals surface area contributed by atoms with Gasteiger partial charge in [-0.25, -0.2) is 4.39 Å². The van der Waals surface area contributed by atoms with Crippen LogP contribution in [0.5, 0.6) is 11.5 Å². The molecule has 12 heteroatoms. The zero-order valence-corrected chi connectivity index (χ0v) is 25.2. The molecule has 1 aliphatic rings. The average Bonchev–Trinajstić information content (AvgIpc) is 3.18. The highest BCUT2D eigenvalue weighted by molar-refractivity contribution is 14.1. The molecular formula is C29H25FIN3O6S. The Morgan fingerprint density at radius 1 is 0.976 bits per heavy atom. The van der Waals surface area contributed by atoms with Crippen LogP contribution in [0.1, 0.15) is 16.7 Å². The molecule has 1 fully saturated rings. The third-order valence-corrected chi connectivity index (χ3v) is 7.70. The van der Waals surface area contributed by atoms with Gasteiger partial charge in [-0.1, -0.05) is 6.07 Å². The molecule has 4 amide bonds. The fourth-order valence-corrected chi connectivity index (χ4v) is 5.40. The Hall–Kier alpha value is -3.91. The van der Waals surface area contributed by atoms with Crippen molar-refractivity contribution in [3.63, 3.8) is 0 Å². The van der Waals surface area contributed by atoms with E-state index in [0.717, 1.165) is 27.8 Å². The predicted molar refractivity (Wildman–Crippen MR) is 163 cm³/mol. The predicted octanol–water partition coefficient (Wildman–Crippen LogP) is 5.75. The van der Waals surface area contributed by atoms with Gasteiger partial charge >= 0.3 is 0 Å². The molecular weight excluding hydrogens is 664 g/mol. The lowest BCUT2D eigenvalue weighted by Gasteiger charge is -2.14. The van der Waals surface area contributed by atoms with Gasteiger partial charge in [0.15, 0.2) is 18.1 Å². The zero-order valence-electron chi connectivity index (χ0n) is 22.2. The maximum Gasteiger partial charge on any atom is 0.294 e. The lowest BCUT2D eigenvalue weighted by Crippen LogP contribution is -2.36. The number of carbonyl (C=O) groups excluding carboxylic acids is 4. The van der Waals surface area contributed by atoms with Crippen LogP contribution in [0, 0.1) is 23.2 Å². The number of hydrogen-bond donors (Lipinski definition) is 2. The van der Waals surface area contributed by atoms with Gasteiger partial charge in [0.1, 0.15) is 12.4 Å². The summed E-state index contributed by atoms with van der Waals surface area (Å²) in [5.74, 6) is -1.31. The topological polar surface area (TPSA) is 114 Å². The van der Waals surface area contributed by atoms with Gasteiger partial charge < -0.3 is 20.1 Å². The molecule has 2 N–H and O–H groups in total. The van der Waals surface area contributed by atoms with Crippen molar-refractivity contribution in [3.8, 4) is 11.5 Å². The lowest BCUT2D eigenvalue weighted by atomic mass is 10.1. The van der Waals surface area contributed by atoms with E-state index in [0.29, 0.717) is 32.0 Å². The molecule has 3 aromatic rings. The van der Waals surface area contributed by atoms with Crippen molar-refractivity contribution in [2.75, 3.05) is 30.9 Å². The summed E-state index contributed by atoms with van der Waals surface area (Å²) in [6, 6.07) is 14.1. The van der Waals surface area contributed by atoms with Crippen LogP contribution in [0.3, 0.4) is 0 Å². The Kier molecular flexibility index (Phi) is 9.65. The van der Waals surface area contributed by atoms with Gasteiger partial charge in [0.2, 0.25) is 5.91 Å². The first-order valence-electron chi connectivity index (χ1n) is 12.2. The first-order chi connectivity index (χ1) is 19.5. The fraction of sp³-hybridized carbons (Fsp3) is 0.172. The fourth-order valence-electron chi connectivity index (χ4n) is 3.78. The molecule has 1 aliphatic heterocycles. The van der Waals surface area contributed by atoms with Crippen molar-refractivity contribution in [2.24, 2.45) is 0 Å². The summed E-state index contributed by atoms with van der Waals surface area (Å²) in [4.78, 5) is 51.4. The van der Waals surface area contributed by atoms with Crippen molar-refractivity contribution in [3.05, 3.63) is 85.6 Å². The maximum absolute atomic E-state index is 13.1. The second-order valence-corrected chi connectivity index (χ2v) is 11.1. The maximum atomic E-state index is 13.1. The summed E-state index contributed by atoms with van der Waals surface area (Å²) in [6.45, 7) is 3.14. The van der Waals surface area contributed by atoms with Crippen LogP contribution in [0.4, 0.5) is 20.6 Å². The number of methoxy groups -OCH3 is 1. The highest BCUT2D eigenvalue weighted by Crippen LogP contribution is 2.37. The molecule has 0 saturated carbocycles. The highest BCUT2D eigenvalue weighted by atomic mass is 127. The third kappa shape index (κ3) is 7.64. The number of halogens is 2. The Balaban J connectivity index is 1.41. The summed E-state index contributed by atoms with van der Waals surface area (Å²) < 4.78 is 24.8. The van der Waals surface area contributed by atoms with E-state index in [2.05, 4.69) is 10.6 Å². The standard InChI is InChI=1S/C29H25FIN3O6S/c1-16-4-7-21(10-17(16)2)33-25(35)14-34-28(37)24(41-29(34)38)13-18-11-22(31)27(23(12-18)39-3)40-15-26(36)32-20-8-5-19(30)6-9-20/h4-13H,14-15H2,1-3H3,(H,32,36)(H,33,35)/b24-13+. The number of nitrogens with zero attached hydrogens (tertiary/aromatic N) is 1. The number of hydrogen-bond acceptors (Lipinski definition) is 7. The summed E-state index contributed by atoms with van der Waals surface area (Å²) >= 11 is 2.75. The monoisotopic (exact) mass is 689 g/mol. The molecule has 0 atom stereocenters. The van der Waals surface area contributed by atoms with E-state index in [-0.39, 0.29) is 11.5 Å². The first kappa shape index (κ1) is 30.1. The normalized spacial score (nSPS) is 13.9. The van der Waals surface area contributed by atoms with Crippen molar-refractivity contribution >= 4 is 74.8 Å². The Labute approximate surface area is 253 Å². The highest BCUT2D eigenvalue weighted by Gasteiger charge is 2.36. The van der Waals surface area contributed by atoms with Gasteiger partial charge in [-0.05, 0) is 119 Å². The van der Waals surface area contributed by atoms with Gasteiger partial charge in [0, 0.05) is 11.4 Å². The molecule has 0 aliphatic carbocycles. The van der Waals surface area contributed by atoms with E-state index in [1.807, 2.05) is 48.6 Å². The molecule has 0 spiro atoms. The van der Waals surface area contributed by atoms with Crippen molar-refractivity contribution in [1.82, 2.24) is 4.90 Å². The Morgan fingerprint density at radius 2 is 1.66 bits per heavy atom. The van der Waals surface area contributed by atoms with Gasteiger partial charge in [-0.2, -0.15) is 0 Å². The minimum atomic E-state index is -0.581. The van der Waals surface area contributed by atoms with E-state index in [1.165, 1.54) is 37.5 Å². The Bertz CT molecular complexity index is 1560. The molecule has 9 nitrogen and oxygen atoms in total. The molecule has 0 unspecified atom stereocenters. The van der Waals surface area contributed by atoms with Crippen LogP contribution < -0.4 is 20.1 Å². The van der Waals surface area contributed by atoms with Crippen LogP contribution in [-0.4, -0.2) is 48.1 Å². The van der Waals surface area contributed by atoms with E-state index < -0.39 is 35.3 Å². The number of amides is 4. The van der Waals surface area contributed by atoms with Crippen LogP contribution in [0.15, 0.2) is 59.5 Å². The molecule has 3 aromatic carbocycles. The van der Waals surface area contributed by atoms with Crippen molar-refractivity contribution < 1.29 is 33.0 Å². The van der Waals surface area contributed by atoms with E-state index in [4.69, 9.17) is 9.47 Å². The Morgan fingerprint density at radius 3 is 2.34 bits per heavy atom. The van der Waals surface area contributed by atoms with Gasteiger partial charge in [0.05, 0.1) is 15.6 Å². The number of nitrogens with one attached hydrogen (secondary N) is 2. The molecule has 1 saturated heterocycles. The second-order valence-electron chi connectivity index (χ2n) is 8.99. The first-order valence-corrected chi connectivity index (χ1v) is 14.1. The molecule has 1 heterocycles. The number of rotatable bonds is 9. The number of thioether (sulfide) groups is 1. The van der Waals surface area contributed by atoms with Crippen LogP contribution >= 0.6 is 34.4 Å². The quantitative estimate of drug-likeness (QED) is 0.218. The molecule has 0 aromatic heterocycles. The summed E-state index contributed by atoms with van der Waals surface area (Å²) in [6.07, 6.45) is 1.53. The number of benzene rings is 3. The number of imide groups is 1. The molecule has 212 valence electrons. The third-order valence-electron chi connectivity index (χ3n) is 5.99. The minimum Gasteiger partial charge on any atom is -0.493 e. The van der Waals surface area contributed by atoms with Crippen molar-refractivity contribution in [1.29, 1.82) is 0 Å². The number of ether oxygens (including phenoxy) is 2. The lowest BCUT2D eigenvalue weighted by molar-refractivity contribution is -0.127. The van der Waals surface area contributed by atoms with Gasteiger partial charge in [-0.3, -0.25) is 24.1 Å². The van der Waals surface area contributed by atoms with Gasteiger partial charge in [0.25, 0.3) is 17.1 Å². The molecule has 0 radical (unpaired) electrons. The van der Waals surface area contributed by atoms with E-state index in [1.54, 1.807) is 18.2 Å². The number of aryl methyl sites for hydroxylation is 2. The summed E-state index contributed by atoms with van der Waals surface area (Å²) in [5, 5.41) is 4.78. The van der Waals surface area contributed by atoms with Crippen LogP contribution in [0.25, 0.3) is 6.08 Å². The molecule has 0 bridgehead atoms.